The van der Waals surface area contributed by atoms with Gasteiger partial charge in [0.25, 0.3) is 20.1 Å². The number of hydrogen-bond donors (Lipinski definition) is 0. The van der Waals surface area contributed by atoms with Crippen LogP contribution in [0.1, 0.15) is 56.5 Å². The van der Waals surface area contributed by atoms with Gasteiger partial charge in [-0.1, -0.05) is 312 Å². The highest BCUT2D eigenvalue weighted by Gasteiger charge is 2.55. The van der Waals surface area contributed by atoms with Gasteiger partial charge in [-0.05, 0) is 142 Å². The van der Waals surface area contributed by atoms with Crippen LogP contribution in [0, 0.1) is 0 Å². The van der Waals surface area contributed by atoms with Gasteiger partial charge in [-0.15, -0.1) is 0 Å². The van der Waals surface area contributed by atoms with E-state index in [1.165, 1.54) is 0 Å². The zero-order valence-corrected chi connectivity index (χ0v) is 58.5. The maximum Gasteiger partial charge on any atom is 0.261 e. The van der Waals surface area contributed by atoms with Crippen LogP contribution in [-0.2, 0) is 5.41 Å². The fourth-order valence-corrected chi connectivity index (χ4v) is 18.5. The first-order valence-corrected chi connectivity index (χ1v) is 36.4. The topological polar surface area (TPSA) is 34.8 Å². The minimum absolute atomic E-state index is 0.00930. The molecule has 0 radical (unpaired) electrons. The predicted molar refractivity (Wildman–Crippen MR) is 457 cm³/mol. The molecule has 2 aromatic heterocycles. The fraction of sp³-hybridized carbons (Fsp3) is 0.0400. The third-order valence-corrected chi connectivity index (χ3v) is 23.0. The van der Waals surface area contributed by atoms with Crippen molar-refractivity contribution in [1.29, 1.82) is 0 Å². The zero-order chi connectivity index (χ0) is 90.8. The lowest BCUT2D eigenvalue weighted by Crippen LogP contribution is -2.67. The Bertz CT molecular complexity index is 7820. The predicted octanol–water partition coefficient (Wildman–Crippen LogP) is 19.5. The minimum Gasteiger partial charge on any atom is -0.459 e. The SMILES string of the molecule is [2H]c1c([2H])c([2H])c2c(c1[2H])Oc1c3c(cc4c1B2c1c([2H])c([2H])c([2H])c2c5c([2H])c([2H])c([2H])c([2H])c5n-4c12)N(c1c(-c2ccccc2)cccc1-c1ccccc1)c1cc(-c2ccc(C(C)(C)C)cc2)cc2c1B3c1c(cc3c4c1Oc1c([2H])c([2H])c([2H])c([2H])c1B4c1c([2H])c([2H])c([2H])c4c5c([2H])c([2H])c([2H])c([2H])c5n-3c14)N2c1c(-c2ccccc2)cccc1-c1ccccc1. The van der Waals surface area contributed by atoms with Gasteiger partial charge in [-0.25, -0.2) is 0 Å². The Hall–Kier alpha value is -13.5. The van der Waals surface area contributed by atoms with E-state index in [2.05, 4.69) is 67.0 Å². The highest BCUT2D eigenvalue weighted by atomic mass is 16.5. The highest BCUT2D eigenvalue weighted by molar-refractivity contribution is 7.05. The molecule has 0 spiro atoms. The van der Waals surface area contributed by atoms with Gasteiger partial charge in [-0.2, -0.15) is 0 Å². The standard InChI is InChI=1S/C100H65B3N4O2/c1-100(2,3)66-54-52-60(53-55-66)65-56-81-89-82(57-65)107(95-69(63-32-12-6-13-33-63)40-25-41-70(95)64-34-14-7-15-35-64)86-59-84-91-99(109-88-51-23-19-45-76(88)102(91)78-47-27-43-74-72-37-17-21-49-80(72)105(84)97(74)78)93(86)103(89)92-85(106(81)94-67(61-28-8-4-9-29-61)38-24-39-68(94)62-30-10-5-11-31-62)58-83-90-98(92)108-87-50-22-18-44-75(87)101(90)77-46-26-42-73-71-36-16-20-48-79(71)104(83)96(73)77/h4-59H,1-3H3/i16D,17D,18D,19D,20D,21D,22D,23D,26D,27D,36D,37D,42D,43D,44D,45D,46D,47D,48D,49D,50D,51D. The summed E-state index contributed by atoms with van der Waals surface area (Å²) < 4.78 is 239. The Kier molecular flexibility index (Phi) is 8.93. The molecule has 0 N–H and O–H groups in total. The molecule has 0 bridgehead atoms. The summed E-state index contributed by atoms with van der Waals surface area (Å²) in [6.45, 7) is 1.74. The van der Waals surface area contributed by atoms with Crippen molar-refractivity contribution in [2.24, 2.45) is 0 Å². The van der Waals surface area contributed by atoms with E-state index in [0.29, 0.717) is 56.0 Å². The summed E-state index contributed by atoms with van der Waals surface area (Å²) in [7, 11) is 0. The van der Waals surface area contributed by atoms with Crippen LogP contribution in [0.2, 0.25) is 0 Å². The number of ether oxygens (including phenoxy) is 2. The molecular formula is C100H65B3N4O2. The Morgan fingerprint density at radius 2 is 0.651 bits per heavy atom. The van der Waals surface area contributed by atoms with Gasteiger partial charge >= 0.3 is 0 Å². The van der Waals surface area contributed by atoms with Gasteiger partial charge < -0.3 is 28.4 Å². The molecule has 24 rings (SSSR count). The molecule has 6 aliphatic rings. The summed E-state index contributed by atoms with van der Waals surface area (Å²) in [5, 5.41) is -0.594. The lowest BCUT2D eigenvalue weighted by atomic mass is 9.28. The van der Waals surface area contributed by atoms with E-state index in [9.17, 15) is 30.2 Å². The smallest absolute Gasteiger partial charge is 0.261 e. The Balaban J connectivity index is 0.995. The van der Waals surface area contributed by atoms with Crippen LogP contribution in [0.25, 0.3) is 111 Å². The van der Waals surface area contributed by atoms with Crippen molar-refractivity contribution < 1.29 is 39.6 Å². The molecular weight excluding hydrogens is 1320 g/mol. The second-order valence-corrected chi connectivity index (χ2v) is 29.6. The van der Waals surface area contributed by atoms with Gasteiger partial charge in [0.15, 0.2) is 0 Å². The molecule has 6 aliphatic heterocycles. The number of benzene rings is 16. The Morgan fingerprint density at radius 1 is 0.294 bits per heavy atom. The molecule has 0 fully saturated rings. The summed E-state index contributed by atoms with van der Waals surface area (Å²) in [6.07, 6.45) is 0. The first-order chi connectivity index (χ1) is 62.9. The molecule has 9 heteroatoms. The van der Waals surface area contributed by atoms with Gasteiger partial charge in [0.1, 0.15) is 23.0 Å². The van der Waals surface area contributed by atoms with Gasteiger partial charge in [0.2, 0.25) is 0 Å². The van der Waals surface area contributed by atoms with Crippen molar-refractivity contribution in [1.82, 2.24) is 9.13 Å². The number of para-hydroxylation sites is 8. The molecule has 18 aromatic rings. The molecule has 0 atom stereocenters. The molecule has 0 aliphatic carbocycles. The summed E-state index contributed by atoms with van der Waals surface area (Å²) in [5.74, 6) is -1.03. The Labute approximate surface area is 663 Å². The summed E-state index contributed by atoms with van der Waals surface area (Å²) in [4.78, 5) is 4.30. The second-order valence-electron chi connectivity index (χ2n) is 29.6. The van der Waals surface area contributed by atoms with Crippen LogP contribution in [0.3, 0.4) is 0 Å². The number of aromatic nitrogens is 2. The van der Waals surface area contributed by atoms with Crippen LogP contribution in [0.5, 0.6) is 23.0 Å². The molecule has 0 saturated heterocycles. The van der Waals surface area contributed by atoms with Crippen LogP contribution < -0.4 is 68.4 Å². The first-order valence-electron chi connectivity index (χ1n) is 47.4. The van der Waals surface area contributed by atoms with Crippen molar-refractivity contribution in [3.05, 3.63) is 345 Å². The third-order valence-electron chi connectivity index (χ3n) is 23.0. The second kappa shape index (κ2) is 22.5. The van der Waals surface area contributed by atoms with Crippen molar-refractivity contribution in [3.63, 3.8) is 0 Å². The molecule has 6 nitrogen and oxygen atoms in total. The monoisotopic (exact) mass is 1410 g/mol. The lowest BCUT2D eigenvalue weighted by molar-refractivity contribution is 0.490. The van der Waals surface area contributed by atoms with Crippen LogP contribution >= 0.6 is 0 Å². The van der Waals surface area contributed by atoms with Crippen molar-refractivity contribution >= 4 is 147 Å². The minimum atomic E-state index is -1.59. The summed E-state index contributed by atoms with van der Waals surface area (Å²) >= 11 is 0. The highest BCUT2D eigenvalue weighted by Crippen LogP contribution is 2.57. The number of nitrogens with zero attached hydrogens (tertiary/aromatic N) is 4. The molecule has 0 saturated carbocycles. The maximum atomic E-state index is 10.5. The van der Waals surface area contributed by atoms with E-state index in [-0.39, 0.29) is 127 Å². The normalized spacial score (nSPS) is 16.3. The van der Waals surface area contributed by atoms with E-state index < -0.39 is 165 Å². The van der Waals surface area contributed by atoms with Crippen LogP contribution in [0.4, 0.5) is 34.1 Å². The van der Waals surface area contributed by atoms with Crippen molar-refractivity contribution in [2.45, 2.75) is 26.2 Å². The molecule has 16 aromatic carbocycles. The zero-order valence-electron chi connectivity index (χ0n) is 80.5. The molecule has 506 valence electrons. The number of rotatable bonds is 7. The Morgan fingerprint density at radius 3 is 1.06 bits per heavy atom. The van der Waals surface area contributed by atoms with Crippen LogP contribution in [-0.4, -0.2) is 29.3 Å². The van der Waals surface area contributed by atoms with E-state index in [1.54, 1.807) is 9.13 Å². The van der Waals surface area contributed by atoms with Gasteiger partial charge in [0, 0.05) is 89.0 Å². The van der Waals surface area contributed by atoms with Gasteiger partial charge in [-0.3, -0.25) is 0 Å². The third kappa shape index (κ3) is 8.39. The molecule has 0 unspecified atom stereocenters. The van der Waals surface area contributed by atoms with Crippen molar-refractivity contribution in [2.75, 3.05) is 9.80 Å². The number of anilines is 6. The molecule has 0 amide bonds. The summed E-state index contributed by atoms with van der Waals surface area (Å²) in [6, 6.07) is 53.8. The largest absolute Gasteiger partial charge is 0.459 e. The first kappa shape index (κ1) is 43.2. The number of fused-ring (bicyclic) bond motifs is 20. The molecule has 109 heavy (non-hydrogen) atoms. The van der Waals surface area contributed by atoms with E-state index >= 15 is 0 Å². The average molecular weight is 1410 g/mol. The van der Waals surface area contributed by atoms with E-state index in [1.807, 2.05) is 170 Å². The quantitative estimate of drug-likeness (QED) is 0.149. The van der Waals surface area contributed by atoms with E-state index in [4.69, 9.17) is 9.47 Å². The fourth-order valence-electron chi connectivity index (χ4n) is 18.5. The molecule has 8 heterocycles. The summed E-state index contributed by atoms with van der Waals surface area (Å²) in [5.41, 5.74) is 10.6. The maximum absolute atomic E-state index is 10.5. The van der Waals surface area contributed by atoms with E-state index in [0.717, 1.165) is 33.4 Å². The number of hydrogen-bond acceptors (Lipinski definition) is 4. The lowest BCUT2D eigenvalue weighted by Gasteiger charge is -2.48. The van der Waals surface area contributed by atoms with Gasteiger partial charge in [0.05, 0.1) is 52.6 Å². The van der Waals surface area contributed by atoms with Crippen molar-refractivity contribution in [3.8, 4) is 90.0 Å². The average Bonchev–Trinajstić information content (AvgIpc) is 1.63. The van der Waals surface area contributed by atoms with Crippen LogP contribution in [0.15, 0.2) is 339 Å².